The molecule has 4 nitrogen and oxygen atoms in total. The van der Waals surface area contributed by atoms with Gasteiger partial charge >= 0.3 is 12.1 Å². The molecule has 0 unspecified atom stereocenters. The molecule has 0 rings (SSSR count). The average molecular weight is 271 g/mol. The summed E-state index contributed by atoms with van der Waals surface area (Å²) in [4.78, 5) is 12.3. The number of halogens is 3. The smallest absolute Gasteiger partial charge is 0.411 e. The van der Waals surface area contributed by atoms with Gasteiger partial charge < -0.3 is 9.84 Å². The van der Waals surface area contributed by atoms with E-state index in [0.29, 0.717) is 19.5 Å². The maximum Gasteiger partial charge on any atom is 0.411 e. The Bertz CT molecular complexity index is 244. The fourth-order valence-corrected chi connectivity index (χ4v) is 1.43. The molecule has 0 amide bonds. The molecule has 0 aliphatic carbocycles. The standard InChI is InChI=1S/C11H20F3NO3/c1-9(2)15(5-3-4-10(16)17)6-7-18-8-11(12,13)14/h9H,3-8H2,1-2H3,(H,16,17). The minimum Gasteiger partial charge on any atom is -0.481 e. The summed E-state index contributed by atoms with van der Waals surface area (Å²) in [6, 6.07) is 0.147. The molecule has 0 aromatic rings. The molecule has 0 fully saturated rings. The summed E-state index contributed by atoms with van der Waals surface area (Å²) in [6.45, 7) is 3.47. The number of rotatable bonds is 9. The Labute approximate surface area is 105 Å². The Morgan fingerprint density at radius 1 is 1.33 bits per heavy atom. The van der Waals surface area contributed by atoms with Gasteiger partial charge in [-0.05, 0) is 26.8 Å². The van der Waals surface area contributed by atoms with Gasteiger partial charge in [-0.15, -0.1) is 0 Å². The van der Waals surface area contributed by atoms with Crippen LogP contribution < -0.4 is 0 Å². The first-order valence-electron chi connectivity index (χ1n) is 5.82. The fourth-order valence-electron chi connectivity index (χ4n) is 1.43. The zero-order valence-corrected chi connectivity index (χ0v) is 10.7. The highest BCUT2D eigenvalue weighted by Crippen LogP contribution is 2.14. The highest BCUT2D eigenvalue weighted by molar-refractivity contribution is 5.66. The molecule has 7 heteroatoms. The van der Waals surface area contributed by atoms with E-state index in [1.165, 1.54) is 0 Å². The number of hydrogen-bond acceptors (Lipinski definition) is 3. The van der Waals surface area contributed by atoms with E-state index >= 15 is 0 Å². The number of ether oxygens (including phenoxy) is 1. The third kappa shape index (κ3) is 10.3. The zero-order chi connectivity index (χ0) is 14.2. The summed E-state index contributed by atoms with van der Waals surface area (Å²) >= 11 is 0. The summed E-state index contributed by atoms with van der Waals surface area (Å²) < 4.78 is 40.0. The van der Waals surface area contributed by atoms with Crippen LogP contribution in [0, 0.1) is 0 Å². The van der Waals surface area contributed by atoms with Crippen molar-refractivity contribution in [2.24, 2.45) is 0 Å². The van der Waals surface area contributed by atoms with Gasteiger partial charge in [0.05, 0.1) is 6.61 Å². The van der Waals surface area contributed by atoms with Crippen LogP contribution in [-0.2, 0) is 9.53 Å². The monoisotopic (exact) mass is 271 g/mol. The lowest BCUT2D eigenvalue weighted by Gasteiger charge is -2.26. The first-order valence-corrected chi connectivity index (χ1v) is 5.82. The van der Waals surface area contributed by atoms with Crippen LogP contribution in [0.15, 0.2) is 0 Å². The lowest BCUT2D eigenvalue weighted by molar-refractivity contribution is -0.174. The van der Waals surface area contributed by atoms with Crippen molar-refractivity contribution in [2.75, 3.05) is 26.3 Å². The first kappa shape index (κ1) is 17.2. The molecule has 0 saturated carbocycles. The van der Waals surface area contributed by atoms with E-state index < -0.39 is 18.8 Å². The second kappa shape index (κ2) is 8.31. The van der Waals surface area contributed by atoms with Gasteiger partial charge in [-0.1, -0.05) is 0 Å². The average Bonchev–Trinajstić information content (AvgIpc) is 2.19. The van der Waals surface area contributed by atoms with Crippen molar-refractivity contribution in [3.05, 3.63) is 0 Å². The number of aliphatic carboxylic acids is 1. The van der Waals surface area contributed by atoms with E-state index in [1.807, 2.05) is 18.7 Å². The van der Waals surface area contributed by atoms with Gasteiger partial charge in [0, 0.05) is 19.0 Å². The van der Waals surface area contributed by atoms with Crippen molar-refractivity contribution in [1.82, 2.24) is 4.90 Å². The minimum absolute atomic E-state index is 0.00917. The molecule has 0 aromatic heterocycles. The molecule has 0 bridgehead atoms. The lowest BCUT2D eigenvalue weighted by atomic mass is 10.2. The maximum atomic E-state index is 11.8. The molecule has 0 saturated heterocycles. The number of hydrogen-bond donors (Lipinski definition) is 1. The van der Waals surface area contributed by atoms with Crippen molar-refractivity contribution in [2.45, 2.75) is 38.9 Å². The maximum absolute atomic E-state index is 11.8. The molecule has 0 aliphatic rings. The van der Waals surface area contributed by atoms with E-state index in [2.05, 4.69) is 4.74 Å². The van der Waals surface area contributed by atoms with Gasteiger partial charge in [0.25, 0.3) is 0 Å². The van der Waals surface area contributed by atoms with Crippen LogP contribution in [0.3, 0.4) is 0 Å². The van der Waals surface area contributed by atoms with E-state index in [-0.39, 0.29) is 19.1 Å². The van der Waals surface area contributed by atoms with Crippen LogP contribution in [-0.4, -0.2) is 54.5 Å². The Hall–Kier alpha value is -0.820. The molecule has 0 atom stereocenters. The normalized spacial score (nSPS) is 12.4. The summed E-state index contributed by atoms with van der Waals surface area (Å²) in [5, 5.41) is 8.50. The van der Waals surface area contributed by atoms with Crippen molar-refractivity contribution in [3.8, 4) is 0 Å². The SMILES string of the molecule is CC(C)N(CCCC(=O)O)CCOCC(F)(F)F. The Morgan fingerprint density at radius 2 is 1.94 bits per heavy atom. The molecule has 0 heterocycles. The van der Waals surface area contributed by atoms with Gasteiger partial charge in [0.15, 0.2) is 0 Å². The van der Waals surface area contributed by atoms with Crippen LogP contribution in [0.25, 0.3) is 0 Å². The third-order valence-electron chi connectivity index (χ3n) is 2.35. The zero-order valence-electron chi connectivity index (χ0n) is 10.7. The highest BCUT2D eigenvalue weighted by atomic mass is 19.4. The van der Waals surface area contributed by atoms with Crippen LogP contribution in [0.4, 0.5) is 13.2 Å². The summed E-state index contributed by atoms with van der Waals surface area (Å²) in [5.74, 6) is -0.868. The van der Waals surface area contributed by atoms with Crippen LogP contribution in [0.1, 0.15) is 26.7 Å². The van der Waals surface area contributed by atoms with E-state index in [1.54, 1.807) is 0 Å². The molecular formula is C11H20F3NO3. The Kier molecular flexibility index (Phi) is 7.93. The topological polar surface area (TPSA) is 49.8 Å². The molecule has 0 radical (unpaired) electrons. The number of carboxylic acids is 1. The number of carboxylic acid groups (broad SMARTS) is 1. The molecule has 0 aromatic carbocycles. The van der Waals surface area contributed by atoms with Gasteiger partial charge in [-0.2, -0.15) is 13.2 Å². The van der Waals surface area contributed by atoms with Crippen molar-refractivity contribution in [3.63, 3.8) is 0 Å². The second-order valence-electron chi connectivity index (χ2n) is 4.29. The third-order valence-corrected chi connectivity index (χ3v) is 2.35. The Morgan fingerprint density at radius 3 is 2.39 bits per heavy atom. The van der Waals surface area contributed by atoms with Gasteiger partial charge in [0.1, 0.15) is 6.61 Å². The molecule has 1 N–H and O–H groups in total. The van der Waals surface area contributed by atoms with Gasteiger partial charge in [-0.25, -0.2) is 0 Å². The largest absolute Gasteiger partial charge is 0.481 e. The Balaban J connectivity index is 3.80. The van der Waals surface area contributed by atoms with Crippen molar-refractivity contribution >= 4 is 5.97 Å². The summed E-state index contributed by atoms with van der Waals surface area (Å²) in [5.41, 5.74) is 0. The van der Waals surface area contributed by atoms with Crippen molar-refractivity contribution < 1.29 is 27.8 Å². The predicted molar refractivity (Wildman–Crippen MR) is 60.5 cm³/mol. The van der Waals surface area contributed by atoms with Crippen LogP contribution in [0.5, 0.6) is 0 Å². The minimum atomic E-state index is -4.30. The summed E-state index contributed by atoms with van der Waals surface area (Å²) in [6.07, 6.45) is -3.76. The van der Waals surface area contributed by atoms with E-state index in [0.717, 1.165) is 0 Å². The van der Waals surface area contributed by atoms with Crippen LogP contribution in [0.2, 0.25) is 0 Å². The molecule has 0 aliphatic heterocycles. The van der Waals surface area contributed by atoms with Crippen LogP contribution >= 0.6 is 0 Å². The number of nitrogens with zero attached hydrogens (tertiary/aromatic N) is 1. The predicted octanol–water partition coefficient (Wildman–Crippen LogP) is 2.14. The quantitative estimate of drug-likeness (QED) is 0.653. The van der Waals surface area contributed by atoms with Crippen molar-refractivity contribution in [1.29, 1.82) is 0 Å². The van der Waals surface area contributed by atoms with Gasteiger partial charge in [-0.3, -0.25) is 9.69 Å². The van der Waals surface area contributed by atoms with Gasteiger partial charge in [0.2, 0.25) is 0 Å². The van der Waals surface area contributed by atoms with E-state index in [4.69, 9.17) is 5.11 Å². The first-order chi connectivity index (χ1) is 8.22. The molecule has 108 valence electrons. The molecular weight excluding hydrogens is 251 g/mol. The van der Waals surface area contributed by atoms with E-state index in [9.17, 15) is 18.0 Å². The molecule has 18 heavy (non-hydrogen) atoms. The number of carbonyl (C=O) groups is 1. The lowest BCUT2D eigenvalue weighted by Crippen LogP contribution is -2.35. The molecule has 0 spiro atoms. The fraction of sp³-hybridized carbons (Fsp3) is 0.909. The summed E-state index contributed by atoms with van der Waals surface area (Å²) in [7, 11) is 0. The highest BCUT2D eigenvalue weighted by Gasteiger charge is 2.27. The second-order valence-corrected chi connectivity index (χ2v) is 4.29. The number of alkyl halides is 3.